The third-order valence-electron chi connectivity index (χ3n) is 4.91. The van der Waals surface area contributed by atoms with Gasteiger partial charge in [-0.3, -0.25) is 5.32 Å². The van der Waals surface area contributed by atoms with E-state index in [-0.39, 0.29) is 6.03 Å². The molecule has 2 heterocycles. The molecule has 1 aliphatic heterocycles. The molecule has 1 N–H and O–H groups in total. The van der Waals surface area contributed by atoms with Gasteiger partial charge in [0.05, 0.1) is 21.4 Å². The van der Waals surface area contributed by atoms with E-state index in [1.807, 2.05) is 38.9 Å². The highest BCUT2D eigenvalue weighted by Crippen LogP contribution is 2.28. The molecule has 3 rings (SSSR count). The van der Waals surface area contributed by atoms with Crippen LogP contribution in [0.4, 0.5) is 10.6 Å². The molecule has 1 aliphatic rings. The van der Waals surface area contributed by atoms with Crippen LogP contribution >= 0.6 is 23.2 Å². The van der Waals surface area contributed by atoms with Crippen LogP contribution < -0.4 is 5.32 Å². The Labute approximate surface area is 163 Å². The first-order valence-electron chi connectivity index (χ1n) is 8.52. The number of amides is 2. The van der Waals surface area contributed by atoms with E-state index in [4.69, 9.17) is 23.2 Å². The first-order chi connectivity index (χ1) is 12.3. The van der Waals surface area contributed by atoms with Crippen molar-refractivity contribution in [3.8, 4) is 5.69 Å². The van der Waals surface area contributed by atoms with E-state index in [1.54, 1.807) is 16.8 Å². The maximum absolute atomic E-state index is 12.8. The molecule has 0 saturated carbocycles. The van der Waals surface area contributed by atoms with Crippen LogP contribution in [0.3, 0.4) is 0 Å². The van der Waals surface area contributed by atoms with Crippen LogP contribution in [-0.4, -0.2) is 58.8 Å². The zero-order valence-corrected chi connectivity index (χ0v) is 16.9. The van der Waals surface area contributed by atoms with E-state index in [0.29, 0.717) is 21.9 Å². The van der Waals surface area contributed by atoms with Gasteiger partial charge in [-0.25, -0.2) is 9.48 Å². The number of likely N-dealkylation sites (tertiary alicyclic amines) is 1. The standard InChI is InChI=1S/C18H23Cl2N5O/c1-11-12(2)22-25(13-5-6-15(19)16(20)9-13)17(11)21-18(26)24-8-7-14(10-24)23(3)4/h5-6,9,14H,7-8,10H2,1-4H3,(H,21,26). The second-order valence-corrected chi connectivity index (χ2v) is 7.67. The largest absolute Gasteiger partial charge is 0.323 e. The molecule has 140 valence electrons. The van der Waals surface area contributed by atoms with E-state index in [1.165, 1.54) is 0 Å². The fraction of sp³-hybridized carbons (Fsp3) is 0.444. The summed E-state index contributed by atoms with van der Waals surface area (Å²) in [5, 5.41) is 8.50. The number of carbonyl (C=O) groups is 1. The average molecular weight is 396 g/mol. The maximum atomic E-state index is 12.8. The smallest absolute Gasteiger partial charge is 0.323 e. The molecule has 1 saturated heterocycles. The van der Waals surface area contributed by atoms with E-state index in [2.05, 4.69) is 15.3 Å². The van der Waals surface area contributed by atoms with E-state index >= 15 is 0 Å². The number of rotatable bonds is 3. The summed E-state index contributed by atoms with van der Waals surface area (Å²) in [6.45, 7) is 5.32. The molecule has 8 heteroatoms. The minimum Gasteiger partial charge on any atom is -0.323 e. The summed E-state index contributed by atoms with van der Waals surface area (Å²) in [7, 11) is 4.08. The Bertz CT molecular complexity index is 833. The molecule has 1 fully saturated rings. The lowest BCUT2D eigenvalue weighted by molar-refractivity contribution is 0.216. The van der Waals surface area contributed by atoms with Gasteiger partial charge in [0, 0.05) is 24.7 Å². The number of urea groups is 1. The lowest BCUT2D eigenvalue weighted by Crippen LogP contribution is -2.37. The molecule has 1 aromatic heterocycles. The van der Waals surface area contributed by atoms with Crippen LogP contribution in [0.1, 0.15) is 17.7 Å². The van der Waals surface area contributed by atoms with Crippen molar-refractivity contribution in [2.24, 2.45) is 0 Å². The molecular weight excluding hydrogens is 373 g/mol. The summed E-state index contributed by atoms with van der Waals surface area (Å²) in [4.78, 5) is 16.8. The molecule has 2 amide bonds. The number of anilines is 1. The molecule has 0 spiro atoms. The number of likely N-dealkylation sites (N-methyl/N-ethyl adjacent to an activating group) is 1. The zero-order valence-electron chi connectivity index (χ0n) is 15.4. The zero-order chi connectivity index (χ0) is 19.0. The summed E-state index contributed by atoms with van der Waals surface area (Å²) in [6, 6.07) is 5.57. The number of benzene rings is 1. The molecule has 1 unspecified atom stereocenters. The van der Waals surface area contributed by atoms with Crippen molar-refractivity contribution in [2.75, 3.05) is 32.5 Å². The quantitative estimate of drug-likeness (QED) is 0.855. The summed E-state index contributed by atoms with van der Waals surface area (Å²) in [6.07, 6.45) is 0.977. The normalized spacial score (nSPS) is 17.2. The Morgan fingerprint density at radius 3 is 2.62 bits per heavy atom. The predicted molar refractivity (Wildman–Crippen MR) is 106 cm³/mol. The summed E-state index contributed by atoms with van der Waals surface area (Å²) < 4.78 is 1.70. The van der Waals surface area contributed by atoms with Gasteiger partial charge < -0.3 is 9.80 Å². The van der Waals surface area contributed by atoms with Gasteiger partial charge in [-0.1, -0.05) is 23.2 Å². The first-order valence-corrected chi connectivity index (χ1v) is 9.27. The monoisotopic (exact) mass is 395 g/mol. The van der Waals surface area contributed by atoms with Gasteiger partial charge >= 0.3 is 6.03 Å². The Hall–Kier alpha value is -1.76. The van der Waals surface area contributed by atoms with Crippen LogP contribution in [-0.2, 0) is 0 Å². The molecule has 6 nitrogen and oxygen atoms in total. The summed E-state index contributed by atoms with van der Waals surface area (Å²) in [5.41, 5.74) is 2.52. The lowest BCUT2D eigenvalue weighted by atomic mass is 10.2. The van der Waals surface area contributed by atoms with Gasteiger partial charge in [0.25, 0.3) is 0 Å². The molecule has 1 atom stereocenters. The number of nitrogens with zero attached hydrogens (tertiary/aromatic N) is 4. The third-order valence-corrected chi connectivity index (χ3v) is 5.65. The van der Waals surface area contributed by atoms with Crippen molar-refractivity contribution in [3.63, 3.8) is 0 Å². The van der Waals surface area contributed by atoms with Crippen molar-refractivity contribution in [1.82, 2.24) is 19.6 Å². The number of carbonyl (C=O) groups excluding carboxylic acids is 1. The van der Waals surface area contributed by atoms with Crippen LogP contribution in [0, 0.1) is 13.8 Å². The highest BCUT2D eigenvalue weighted by atomic mass is 35.5. The van der Waals surface area contributed by atoms with Gasteiger partial charge in [-0.2, -0.15) is 5.10 Å². The molecule has 1 aromatic carbocycles. The maximum Gasteiger partial charge on any atom is 0.323 e. The van der Waals surface area contributed by atoms with Crippen LogP contribution in [0.15, 0.2) is 18.2 Å². The molecular formula is C18H23Cl2N5O. The Morgan fingerprint density at radius 1 is 1.27 bits per heavy atom. The van der Waals surface area contributed by atoms with Crippen LogP contribution in [0.25, 0.3) is 5.69 Å². The second-order valence-electron chi connectivity index (χ2n) is 6.85. The summed E-state index contributed by atoms with van der Waals surface area (Å²) in [5.74, 6) is 0.652. The van der Waals surface area contributed by atoms with Gasteiger partial charge in [0.2, 0.25) is 0 Å². The van der Waals surface area contributed by atoms with E-state index < -0.39 is 0 Å². The predicted octanol–water partition coefficient (Wildman–Crippen LogP) is 3.96. The van der Waals surface area contributed by atoms with Gasteiger partial charge in [-0.05, 0) is 52.6 Å². The number of halogens is 2. The topological polar surface area (TPSA) is 53.4 Å². The molecule has 26 heavy (non-hydrogen) atoms. The van der Waals surface area contributed by atoms with E-state index in [0.717, 1.165) is 36.5 Å². The molecule has 0 bridgehead atoms. The molecule has 0 radical (unpaired) electrons. The Morgan fingerprint density at radius 2 is 2.00 bits per heavy atom. The fourth-order valence-corrected chi connectivity index (χ4v) is 3.38. The van der Waals surface area contributed by atoms with Gasteiger partial charge in [0.1, 0.15) is 5.82 Å². The summed E-state index contributed by atoms with van der Waals surface area (Å²) >= 11 is 12.2. The minimum atomic E-state index is -0.112. The van der Waals surface area contributed by atoms with E-state index in [9.17, 15) is 4.79 Å². The third kappa shape index (κ3) is 3.68. The van der Waals surface area contributed by atoms with Crippen molar-refractivity contribution < 1.29 is 4.79 Å². The fourth-order valence-electron chi connectivity index (χ4n) is 3.08. The minimum absolute atomic E-state index is 0.112. The number of nitrogens with one attached hydrogen (secondary N) is 1. The number of hydrogen-bond donors (Lipinski definition) is 1. The lowest BCUT2D eigenvalue weighted by Gasteiger charge is -2.21. The first kappa shape index (κ1) is 19.0. The number of aromatic nitrogens is 2. The number of hydrogen-bond acceptors (Lipinski definition) is 3. The van der Waals surface area contributed by atoms with Crippen molar-refractivity contribution in [3.05, 3.63) is 39.5 Å². The number of aryl methyl sites for hydroxylation is 1. The van der Waals surface area contributed by atoms with Crippen LogP contribution in [0.2, 0.25) is 10.0 Å². The Kier molecular flexibility index (Phi) is 5.46. The Balaban J connectivity index is 1.86. The second kappa shape index (κ2) is 7.47. The van der Waals surface area contributed by atoms with Gasteiger partial charge in [0.15, 0.2) is 0 Å². The van der Waals surface area contributed by atoms with Crippen molar-refractivity contribution in [1.29, 1.82) is 0 Å². The molecule has 2 aromatic rings. The highest BCUT2D eigenvalue weighted by Gasteiger charge is 2.28. The van der Waals surface area contributed by atoms with Crippen molar-refractivity contribution in [2.45, 2.75) is 26.3 Å². The molecule has 0 aliphatic carbocycles. The van der Waals surface area contributed by atoms with Crippen molar-refractivity contribution >= 4 is 35.1 Å². The highest BCUT2D eigenvalue weighted by molar-refractivity contribution is 6.42. The van der Waals surface area contributed by atoms with Gasteiger partial charge in [-0.15, -0.1) is 0 Å². The average Bonchev–Trinajstić information content (AvgIpc) is 3.18. The SMILES string of the molecule is Cc1nn(-c2ccc(Cl)c(Cl)c2)c(NC(=O)N2CCC(N(C)C)C2)c1C. The van der Waals surface area contributed by atoms with Crippen LogP contribution in [0.5, 0.6) is 0 Å².